The van der Waals surface area contributed by atoms with Gasteiger partial charge in [0.05, 0.1) is 0 Å². The van der Waals surface area contributed by atoms with Crippen LogP contribution in [0.4, 0.5) is 4.39 Å². The molecule has 20 heavy (non-hydrogen) atoms. The number of hydrogen-bond donors (Lipinski definition) is 1. The molecule has 0 aliphatic carbocycles. The molecular weight excluding hydrogens is 261 g/mol. The minimum Gasteiger partial charge on any atom is -0.492 e. The van der Waals surface area contributed by atoms with E-state index in [9.17, 15) is 9.18 Å². The molecule has 110 valence electrons. The van der Waals surface area contributed by atoms with Crippen LogP contribution in [0.15, 0.2) is 24.3 Å². The molecule has 1 unspecified atom stereocenters. The number of benzene rings is 1. The van der Waals surface area contributed by atoms with E-state index in [1.54, 1.807) is 0 Å². The number of ether oxygens (including phenoxy) is 1. The predicted octanol–water partition coefficient (Wildman–Crippen LogP) is 2.12. The zero-order valence-electron chi connectivity index (χ0n) is 11.6. The van der Waals surface area contributed by atoms with E-state index in [-0.39, 0.29) is 6.54 Å². The molecule has 1 fully saturated rings. The molecular formula is C15H20FNO3. The number of nitrogens with zero attached hydrogens (tertiary/aromatic N) is 1. The van der Waals surface area contributed by atoms with Gasteiger partial charge >= 0.3 is 5.97 Å². The van der Waals surface area contributed by atoms with E-state index in [1.165, 1.54) is 0 Å². The Labute approximate surface area is 118 Å². The molecule has 1 N–H and O–H groups in total. The van der Waals surface area contributed by atoms with Crippen molar-refractivity contribution >= 4 is 5.97 Å². The van der Waals surface area contributed by atoms with E-state index in [0.29, 0.717) is 26.1 Å². The van der Waals surface area contributed by atoms with Gasteiger partial charge in [0.25, 0.3) is 0 Å². The molecule has 0 spiro atoms. The van der Waals surface area contributed by atoms with Gasteiger partial charge < -0.3 is 9.84 Å². The molecule has 1 atom stereocenters. The quantitative estimate of drug-likeness (QED) is 0.867. The van der Waals surface area contributed by atoms with Crippen molar-refractivity contribution < 1.29 is 19.0 Å². The van der Waals surface area contributed by atoms with E-state index in [4.69, 9.17) is 9.84 Å². The molecule has 0 saturated carbocycles. The minimum absolute atomic E-state index is 0.260. The van der Waals surface area contributed by atoms with E-state index in [0.717, 1.165) is 11.3 Å². The molecule has 2 rings (SSSR count). The zero-order valence-corrected chi connectivity index (χ0v) is 11.6. The molecule has 0 radical (unpaired) electrons. The number of hydrogen-bond acceptors (Lipinski definition) is 3. The van der Waals surface area contributed by atoms with Crippen LogP contribution in [0.5, 0.6) is 5.75 Å². The van der Waals surface area contributed by atoms with Crippen LogP contribution in [0.1, 0.15) is 12.0 Å². The molecule has 1 aliphatic heterocycles. The third kappa shape index (κ3) is 3.28. The summed E-state index contributed by atoms with van der Waals surface area (Å²) in [6, 6.07) is 7.77. The predicted molar refractivity (Wildman–Crippen MR) is 73.8 cm³/mol. The number of likely N-dealkylation sites (tertiary alicyclic amines) is 1. The summed E-state index contributed by atoms with van der Waals surface area (Å²) in [5.41, 5.74) is -0.0884. The van der Waals surface area contributed by atoms with Crippen LogP contribution in [0, 0.1) is 12.3 Å². The maximum Gasteiger partial charge on any atom is 0.313 e. The Bertz CT molecular complexity index is 480. The van der Waals surface area contributed by atoms with Crippen LogP contribution in [0.2, 0.25) is 0 Å². The fraction of sp³-hybridized carbons (Fsp3) is 0.533. The van der Waals surface area contributed by atoms with Crippen molar-refractivity contribution in [2.45, 2.75) is 13.3 Å². The Hall–Kier alpha value is -1.62. The largest absolute Gasteiger partial charge is 0.492 e. The highest BCUT2D eigenvalue weighted by Crippen LogP contribution is 2.31. The SMILES string of the molecule is Cc1cccc(OCCN2CCC(CF)(C(=O)O)C2)c1. The summed E-state index contributed by atoms with van der Waals surface area (Å²) in [6.07, 6.45) is 0.364. The summed E-state index contributed by atoms with van der Waals surface area (Å²) in [7, 11) is 0. The molecule has 0 bridgehead atoms. The molecule has 1 saturated heterocycles. The number of rotatable bonds is 6. The van der Waals surface area contributed by atoms with Gasteiger partial charge in [-0.3, -0.25) is 9.69 Å². The Balaban J connectivity index is 1.80. The number of carbonyl (C=O) groups is 1. The number of halogens is 1. The highest BCUT2D eigenvalue weighted by atomic mass is 19.1. The fourth-order valence-electron chi connectivity index (χ4n) is 2.49. The fourth-order valence-corrected chi connectivity index (χ4v) is 2.49. The summed E-state index contributed by atoms with van der Waals surface area (Å²) in [5, 5.41) is 9.12. The highest BCUT2D eigenvalue weighted by Gasteiger charge is 2.44. The van der Waals surface area contributed by atoms with Gasteiger partial charge in [-0.25, -0.2) is 4.39 Å². The van der Waals surface area contributed by atoms with Gasteiger partial charge in [0.2, 0.25) is 0 Å². The molecule has 1 aliphatic rings. The van der Waals surface area contributed by atoms with E-state index < -0.39 is 18.1 Å². The van der Waals surface area contributed by atoms with Crippen LogP contribution in [-0.2, 0) is 4.79 Å². The number of carboxylic acids is 1. The highest BCUT2D eigenvalue weighted by molar-refractivity contribution is 5.75. The third-order valence-electron chi connectivity index (χ3n) is 3.81. The maximum absolute atomic E-state index is 13.0. The van der Waals surface area contributed by atoms with Crippen molar-refractivity contribution in [1.29, 1.82) is 0 Å². The number of aliphatic carboxylic acids is 1. The van der Waals surface area contributed by atoms with Crippen molar-refractivity contribution in [3.8, 4) is 5.75 Å². The first kappa shape index (κ1) is 14.8. The van der Waals surface area contributed by atoms with Crippen molar-refractivity contribution in [3.05, 3.63) is 29.8 Å². The van der Waals surface area contributed by atoms with Crippen LogP contribution in [0.25, 0.3) is 0 Å². The topological polar surface area (TPSA) is 49.8 Å². The second kappa shape index (κ2) is 6.22. The van der Waals surface area contributed by atoms with Gasteiger partial charge in [0.15, 0.2) is 0 Å². The second-order valence-electron chi connectivity index (χ2n) is 5.41. The van der Waals surface area contributed by atoms with Crippen molar-refractivity contribution in [2.75, 3.05) is 32.9 Å². The molecule has 5 heteroatoms. The third-order valence-corrected chi connectivity index (χ3v) is 3.81. The zero-order chi connectivity index (χ0) is 14.6. The molecule has 1 heterocycles. The number of alkyl halides is 1. The van der Waals surface area contributed by atoms with E-state index >= 15 is 0 Å². The van der Waals surface area contributed by atoms with E-state index in [2.05, 4.69) is 0 Å². The second-order valence-corrected chi connectivity index (χ2v) is 5.41. The average Bonchev–Trinajstić information content (AvgIpc) is 2.84. The number of carboxylic acid groups (broad SMARTS) is 1. The Morgan fingerprint density at radius 2 is 2.35 bits per heavy atom. The summed E-state index contributed by atoms with van der Waals surface area (Å²) < 4.78 is 18.6. The van der Waals surface area contributed by atoms with Gasteiger partial charge in [-0.15, -0.1) is 0 Å². The van der Waals surface area contributed by atoms with Gasteiger partial charge in [-0.05, 0) is 37.6 Å². The molecule has 1 aromatic rings. The summed E-state index contributed by atoms with van der Waals surface area (Å²) >= 11 is 0. The molecule has 1 aromatic carbocycles. The Morgan fingerprint density at radius 1 is 1.55 bits per heavy atom. The smallest absolute Gasteiger partial charge is 0.313 e. The minimum atomic E-state index is -1.22. The van der Waals surface area contributed by atoms with Crippen LogP contribution < -0.4 is 4.74 Å². The van der Waals surface area contributed by atoms with Gasteiger partial charge in [-0.1, -0.05) is 12.1 Å². The van der Waals surface area contributed by atoms with Crippen LogP contribution in [-0.4, -0.2) is 48.9 Å². The van der Waals surface area contributed by atoms with Gasteiger partial charge in [0, 0.05) is 13.1 Å². The lowest BCUT2D eigenvalue weighted by atomic mass is 9.89. The lowest BCUT2D eigenvalue weighted by Gasteiger charge is -2.21. The lowest BCUT2D eigenvalue weighted by Crippen LogP contribution is -2.37. The van der Waals surface area contributed by atoms with E-state index in [1.807, 2.05) is 36.1 Å². The lowest BCUT2D eigenvalue weighted by molar-refractivity contribution is -0.149. The maximum atomic E-state index is 13.0. The summed E-state index contributed by atoms with van der Waals surface area (Å²) in [5.74, 6) is -0.235. The molecule has 4 nitrogen and oxygen atoms in total. The summed E-state index contributed by atoms with van der Waals surface area (Å²) in [6.45, 7) is 3.14. The first-order valence-electron chi connectivity index (χ1n) is 6.77. The molecule has 0 amide bonds. The summed E-state index contributed by atoms with van der Waals surface area (Å²) in [4.78, 5) is 13.1. The van der Waals surface area contributed by atoms with Crippen molar-refractivity contribution in [2.24, 2.45) is 5.41 Å². The monoisotopic (exact) mass is 281 g/mol. The van der Waals surface area contributed by atoms with Crippen molar-refractivity contribution in [3.63, 3.8) is 0 Å². The first-order valence-corrected chi connectivity index (χ1v) is 6.77. The van der Waals surface area contributed by atoms with Gasteiger partial charge in [-0.2, -0.15) is 0 Å². The standard InChI is InChI=1S/C15H20FNO3/c1-12-3-2-4-13(9-12)20-8-7-17-6-5-15(10-16,11-17)14(18)19/h2-4,9H,5-8,10-11H2,1H3,(H,18,19). The van der Waals surface area contributed by atoms with Crippen LogP contribution in [0.3, 0.4) is 0 Å². The van der Waals surface area contributed by atoms with Gasteiger partial charge in [0.1, 0.15) is 24.4 Å². The molecule has 0 aromatic heterocycles. The Kier molecular flexibility index (Phi) is 4.60. The average molecular weight is 281 g/mol. The van der Waals surface area contributed by atoms with Crippen molar-refractivity contribution in [1.82, 2.24) is 4.90 Å². The normalized spacial score (nSPS) is 22.9. The first-order chi connectivity index (χ1) is 9.55. The Morgan fingerprint density at radius 3 is 2.95 bits per heavy atom. The number of aryl methyl sites for hydroxylation is 1. The van der Waals surface area contributed by atoms with Crippen LogP contribution >= 0.6 is 0 Å².